The van der Waals surface area contributed by atoms with E-state index in [9.17, 15) is 4.79 Å². The van der Waals surface area contributed by atoms with Gasteiger partial charge in [-0.05, 0) is 30.1 Å². The van der Waals surface area contributed by atoms with Crippen molar-refractivity contribution in [1.82, 2.24) is 10.3 Å². The number of carbonyl (C=O) groups is 1. The monoisotopic (exact) mass is 253 g/mol. The van der Waals surface area contributed by atoms with E-state index in [0.29, 0.717) is 11.6 Å². The molecule has 0 aliphatic heterocycles. The van der Waals surface area contributed by atoms with Crippen molar-refractivity contribution in [2.24, 2.45) is 5.92 Å². The third-order valence-corrected chi connectivity index (χ3v) is 3.23. The first kappa shape index (κ1) is 13.8. The van der Waals surface area contributed by atoms with Gasteiger partial charge in [-0.3, -0.25) is 9.78 Å². The number of thioether (sulfide) groups is 1. The highest BCUT2D eigenvalue weighted by Crippen LogP contribution is 2.10. The van der Waals surface area contributed by atoms with Crippen LogP contribution in [-0.2, 0) is 0 Å². The lowest BCUT2D eigenvalue weighted by molar-refractivity contribution is 0.0958. The highest BCUT2D eigenvalue weighted by atomic mass is 32.2. The van der Waals surface area contributed by atoms with E-state index in [-0.39, 0.29) is 5.91 Å². The van der Waals surface area contributed by atoms with Crippen molar-refractivity contribution in [2.45, 2.75) is 6.92 Å². The molecule has 0 radical (unpaired) electrons. The minimum Gasteiger partial charge on any atom is -0.385 e. The van der Waals surface area contributed by atoms with E-state index in [0.717, 1.165) is 18.0 Å². The van der Waals surface area contributed by atoms with Crippen LogP contribution in [0.1, 0.15) is 17.4 Å². The zero-order valence-corrected chi connectivity index (χ0v) is 11.3. The third-order valence-electron chi connectivity index (χ3n) is 2.33. The number of carbonyl (C=O) groups excluding carboxylic acids is 1. The van der Waals surface area contributed by atoms with Gasteiger partial charge in [0.15, 0.2) is 0 Å². The summed E-state index contributed by atoms with van der Waals surface area (Å²) in [6.07, 6.45) is 3.75. The van der Waals surface area contributed by atoms with Gasteiger partial charge < -0.3 is 10.6 Å². The molecule has 0 saturated heterocycles. The maximum Gasteiger partial charge on any atom is 0.269 e. The van der Waals surface area contributed by atoms with Crippen molar-refractivity contribution < 1.29 is 4.79 Å². The number of hydrogen-bond donors (Lipinski definition) is 2. The Kier molecular flexibility index (Phi) is 5.83. The molecule has 0 spiro atoms. The van der Waals surface area contributed by atoms with Crippen LogP contribution < -0.4 is 10.6 Å². The smallest absolute Gasteiger partial charge is 0.269 e. The number of hydrogen-bond acceptors (Lipinski definition) is 4. The van der Waals surface area contributed by atoms with Crippen LogP contribution in [0, 0.1) is 5.92 Å². The first-order valence-electron chi connectivity index (χ1n) is 5.58. The minimum absolute atomic E-state index is 0.161. The molecule has 5 heteroatoms. The van der Waals surface area contributed by atoms with Crippen LogP contribution in [-0.4, -0.2) is 36.5 Å². The lowest BCUT2D eigenvalue weighted by atomic mass is 10.2. The molecule has 2 N–H and O–H groups in total. The Morgan fingerprint density at radius 3 is 3.00 bits per heavy atom. The van der Waals surface area contributed by atoms with Crippen molar-refractivity contribution in [3.05, 3.63) is 24.0 Å². The predicted octanol–water partition coefficient (Wildman–Crippen LogP) is 1.85. The SMILES string of the molecule is CNC(=O)c1cc(NCC(C)CSC)ccn1. The molecule has 0 aliphatic carbocycles. The summed E-state index contributed by atoms with van der Waals surface area (Å²) in [5.74, 6) is 1.56. The fourth-order valence-electron chi connectivity index (χ4n) is 1.43. The predicted molar refractivity (Wildman–Crippen MR) is 73.7 cm³/mol. The minimum atomic E-state index is -0.161. The van der Waals surface area contributed by atoms with Gasteiger partial charge in [0.05, 0.1) is 0 Å². The summed E-state index contributed by atoms with van der Waals surface area (Å²) in [6.45, 7) is 3.10. The van der Waals surface area contributed by atoms with Gasteiger partial charge in [-0.2, -0.15) is 11.8 Å². The molecular weight excluding hydrogens is 234 g/mol. The Labute approximate surface area is 107 Å². The largest absolute Gasteiger partial charge is 0.385 e. The average molecular weight is 253 g/mol. The molecule has 1 aromatic heterocycles. The summed E-state index contributed by atoms with van der Waals surface area (Å²) in [5.41, 5.74) is 1.38. The Bertz CT molecular complexity index is 371. The van der Waals surface area contributed by atoms with E-state index in [1.807, 2.05) is 17.8 Å². The van der Waals surface area contributed by atoms with Crippen LogP contribution in [0.15, 0.2) is 18.3 Å². The quantitative estimate of drug-likeness (QED) is 0.812. The number of nitrogens with one attached hydrogen (secondary N) is 2. The summed E-state index contributed by atoms with van der Waals surface area (Å²) >= 11 is 1.84. The Morgan fingerprint density at radius 1 is 1.59 bits per heavy atom. The maximum absolute atomic E-state index is 11.4. The van der Waals surface area contributed by atoms with Gasteiger partial charge in [0.25, 0.3) is 5.91 Å². The van der Waals surface area contributed by atoms with Crippen LogP contribution in [0.4, 0.5) is 5.69 Å². The normalized spacial score (nSPS) is 11.9. The molecule has 4 nitrogen and oxygen atoms in total. The molecule has 0 saturated carbocycles. The molecule has 1 amide bonds. The third kappa shape index (κ3) is 4.65. The Morgan fingerprint density at radius 2 is 2.35 bits per heavy atom. The summed E-state index contributed by atoms with van der Waals surface area (Å²) in [4.78, 5) is 15.4. The van der Waals surface area contributed by atoms with Gasteiger partial charge in [0.2, 0.25) is 0 Å². The Balaban J connectivity index is 2.57. The molecule has 1 atom stereocenters. The molecule has 0 aromatic carbocycles. The van der Waals surface area contributed by atoms with Crippen molar-refractivity contribution in [1.29, 1.82) is 0 Å². The fraction of sp³-hybridized carbons (Fsp3) is 0.500. The van der Waals surface area contributed by atoms with E-state index >= 15 is 0 Å². The highest BCUT2D eigenvalue weighted by molar-refractivity contribution is 7.98. The number of nitrogens with zero attached hydrogens (tertiary/aromatic N) is 1. The zero-order valence-electron chi connectivity index (χ0n) is 10.5. The summed E-state index contributed by atoms with van der Waals surface area (Å²) in [6, 6.07) is 3.64. The number of aromatic nitrogens is 1. The topological polar surface area (TPSA) is 54.0 Å². The molecule has 0 fully saturated rings. The summed E-state index contributed by atoms with van der Waals surface area (Å²) in [5, 5.41) is 5.88. The van der Waals surface area contributed by atoms with Crippen molar-refractivity contribution >= 4 is 23.4 Å². The second-order valence-corrected chi connectivity index (χ2v) is 4.86. The lowest BCUT2D eigenvalue weighted by Gasteiger charge is -2.12. The highest BCUT2D eigenvalue weighted by Gasteiger charge is 2.06. The number of anilines is 1. The fourth-order valence-corrected chi connectivity index (χ4v) is 2.12. The van der Waals surface area contributed by atoms with Gasteiger partial charge >= 0.3 is 0 Å². The number of amides is 1. The van der Waals surface area contributed by atoms with E-state index in [4.69, 9.17) is 0 Å². The van der Waals surface area contributed by atoms with Crippen molar-refractivity contribution in [3.8, 4) is 0 Å². The van der Waals surface area contributed by atoms with Gasteiger partial charge in [0, 0.05) is 25.5 Å². The molecule has 0 bridgehead atoms. The first-order chi connectivity index (χ1) is 8.17. The molecule has 1 aromatic rings. The van der Waals surface area contributed by atoms with Gasteiger partial charge in [0.1, 0.15) is 5.69 Å². The van der Waals surface area contributed by atoms with E-state index in [1.54, 1.807) is 19.3 Å². The van der Waals surface area contributed by atoms with Gasteiger partial charge in [-0.15, -0.1) is 0 Å². The average Bonchev–Trinajstić information content (AvgIpc) is 2.36. The van der Waals surface area contributed by atoms with Gasteiger partial charge in [-0.25, -0.2) is 0 Å². The van der Waals surface area contributed by atoms with Crippen LogP contribution in [0.3, 0.4) is 0 Å². The second-order valence-electron chi connectivity index (χ2n) is 3.95. The van der Waals surface area contributed by atoms with Crippen molar-refractivity contribution in [3.63, 3.8) is 0 Å². The van der Waals surface area contributed by atoms with Crippen LogP contribution >= 0.6 is 11.8 Å². The molecule has 1 heterocycles. The molecule has 1 unspecified atom stereocenters. The van der Waals surface area contributed by atoms with Crippen LogP contribution in [0.25, 0.3) is 0 Å². The molecular formula is C12H19N3OS. The zero-order chi connectivity index (χ0) is 12.7. The molecule has 17 heavy (non-hydrogen) atoms. The number of pyridine rings is 1. The van der Waals surface area contributed by atoms with Gasteiger partial charge in [-0.1, -0.05) is 6.92 Å². The standard InChI is InChI=1S/C12H19N3OS/c1-9(8-17-3)7-15-10-4-5-14-11(6-10)12(16)13-2/h4-6,9H,7-8H2,1-3H3,(H,13,16)(H,14,15). The van der Waals surface area contributed by atoms with E-state index in [1.165, 1.54) is 0 Å². The Hall–Kier alpha value is -1.23. The summed E-state index contributed by atoms with van der Waals surface area (Å²) < 4.78 is 0. The van der Waals surface area contributed by atoms with E-state index in [2.05, 4.69) is 28.8 Å². The van der Waals surface area contributed by atoms with E-state index < -0.39 is 0 Å². The second kappa shape index (κ2) is 7.17. The van der Waals surface area contributed by atoms with Crippen molar-refractivity contribution in [2.75, 3.05) is 30.9 Å². The van der Waals surface area contributed by atoms with Crippen LogP contribution in [0.5, 0.6) is 0 Å². The molecule has 94 valence electrons. The summed E-state index contributed by atoms with van der Waals surface area (Å²) in [7, 11) is 1.60. The van der Waals surface area contributed by atoms with Crippen LogP contribution in [0.2, 0.25) is 0 Å². The lowest BCUT2D eigenvalue weighted by Crippen LogP contribution is -2.19. The first-order valence-corrected chi connectivity index (χ1v) is 6.97. The molecule has 0 aliphatic rings. The maximum atomic E-state index is 11.4. The number of rotatable bonds is 6. The molecule has 1 rings (SSSR count).